The highest BCUT2D eigenvalue weighted by Crippen LogP contribution is 2.14. The van der Waals surface area contributed by atoms with Crippen LogP contribution < -0.4 is 0 Å². The Balaban J connectivity index is 2.22. The standard InChI is InChI=1S/C11H19F3N2O3/c1-9(17)6-15-2-4-16(5-3-15)10(18)7-19-8-11(12,13)14/h9,17H,2-8H2,1H3/t9-/m0/s1. The van der Waals surface area contributed by atoms with Gasteiger partial charge < -0.3 is 14.7 Å². The van der Waals surface area contributed by atoms with E-state index in [9.17, 15) is 23.1 Å². The van der Waals surface area contributed by atoms with E-state index in [1.807, 2.05) is 4.90 Å². The number of amides is 1. The molecular formula is C11H19F3N2O3. The SMILES string of the molecule is C[C@H](O)CN1CCN(C(=O)COCC(F)(F)F)CC1. The number of piperazine rings is 1. The highest BCUT2D eigenvalue weighted by Gasteiger charge is 2.28. The van der Waals surface area contributed by atoms with Gasteiger partial charge in [-0.1, -0.05) is 0 Å². The molecule has 0 aromatic carbocycles. The highest BCUT2D eigenvalue weighted by molar-refractivity contribution is 5.77. The van der Waals surface area contributed by atoms with E-state index in [4.69, 9.17) is 0 Å². The Labute approximate surface area is 109 Å². The molecule has 0 aromatic heterocycles. The monoisotopic (exact) mass is 284 g/mol. The van der Waals surface area contributed by atoms with Gasteiger partial charge in [0.05, 0.1) is 6.10 Å². The average molecular weight is 284 g/mol. The molecule has 8 heteroatoms. The first-order valence-electron chi connectivity index (χ1n) is 6.10. The number of hydrogen-bond donors (Lipinski definition) is 1. The van der Waals surface area contributed by atoms with Crippen LogP contribution in [-0.4, -0.2) is 79.0 Å². The Morgan fingerprint density at radius 1 is 1.32 bits per heavy atom. The molecule has 1 rings (SSSR count). The van der Waals surface area contributed by atoms with Crippen LogP contribution in [0.1, 0.15) is 6.92 Å². The van der Waals surface area contributed by atoms with Crippen LogP contribution in [0.4, 0.5) is 13.2 Å². The van der Waals surface area contributed by atoms with Crippen LogP contribution in [-0.2, 0) is 9.53 Å². The molecule has 0 aliphatic carbocycles. The number of aliphatic hydroxyl groups excluding tert-OH is 1. The van der Waals surface area contributed by atoms with Crippen molar-refractivity contribution >= 4 is 5.91 Å². The maximum absolute atomic E-state index is 11.8. The number of halogens is 3. The zero-order valence-electron chi connectivity index (χ0n) is 10.8. The van der Waals surface area contributed by atoms with Gasteiger partial charge in [-0.25, -0.2) is 0 Å². The maximum atomic E-state index is 11.8. The second kappa shape index (κ2) is 7.06. The Morgan fingerprint density at radius 3 is 2.37 bits per heavy atom. The summed E-state index contributed by atoms with van der Waals surface area (Å²) in [5.74, 6) is -0.430. The van der Waals surface area contributed by atoms with E-state index in [2.05, 4.69) is 4.74 Å². The molecule has 1 aliphatic rings. The van der Waals surface area contributed by atoms with E-state index < -0.39 is 31.4 Å². The van der Waals surface area contributed by atoms with Gasteiger partial charge in [0.25, 0.3) is 0 Å². The van der Waals surface area contributed by atoms with Gasteiger partial charge in [0.2, 0.25) is 5.91 Å². The lowest BCUT2D eigenvalue weighted by molar-refractivity contribution is -0.178. The normalized spacial score (nSPS) is 19.5. The van der Waals surface area contributed by atoms with Crippen molar-refractivity contribution in [3.63, 3.8) is 0 Å². The molecule has 0 aromatic rings. The van der Waals surface area contributed by atoms with Crippen LogP contribution in [0.5, 0.6) is 0 Å². The Kier molecular flexibility index (Phi) is 6.02. The molecule has 5 nitrogen and oxygen atoms in total. The van der Waals surface area contributed by atoms with Gasteiger partial charge in [-0.05, 0) is 6.92 Å². The fourth-order valence-electron chi connectivity index (χ4n) is 1.90. The van der Waals surface area contributed by atoms with Gasteiger partial charge in [0, 0.05) is 32.7 Å². The summed E-state index contributed by atoms with van der Waals surface area (Å²) in [6.07, 6.45) is -4.84. The molecule has 1 amide bonds. The number of ether oxygens (including phenoxy) is 1. The third kappa shape index (κ3) is 6.74. The largest absolute Gasteiger partial charge is 0.411 e. The molecule has 0 radical (unpaired) electrons. The number of nitrogens with zero attached hydrogens (tertiary/aromatic N) is 2. The van der Waals surface area contributed by atoms with Gasteiger partial charge in [-0.2, -0.15) is 13.2 Å². The second-order valence-corrected chi connectivity index (χ2v) is 4.64. The van der Waals surface area contributed by atoms with Crippen molar-refractivity contribution in [2.24, 2.45) is 0 Å². The number of β-amino-alcohol motifs (C(OH)–C–C–N with tert-alkyl or cyclic N) is 1. The molecule has 1 N–H and O–H groups in total. The van der Waals surface area contributed by atoms with Crippen LogP contribution in [0.2, 0.25) is 0 Å². The second-order valence-electron chi connectivity index (χ2n) is 4.64. The van der Waals surface area contributed by atoms with E-state index in [0.29, 0.717) is 32.7 Å². The summed E-state index contributed by atoms with van der Waals surface area (Å²) in [6.45, 7) is 2.37. The van der Waals surface area contributed by atoms with Crippen molar-refractivity contribution < 1.29 is 27.8 Å². The Bertz CT molecular complexity index is 289. The summed E-state index contributed by atoms with van der Waals surface area (Å²) in [5, 5.41) is 9.22. The summed E-state index contributed by atoms with van der Waals surface area (Å²) >= 11 is 0. The van der Waals surface area contributed by atoms with E-state index in [-0.39, 0.29) is 0 Å². The number of carbonyl (C=O) groups is 1. The zero-order valence-corrected chi connectivity index (χ0v) is 10.8. The number of carbonyl (C=O) groups excluding carboxylic acids is 1. The van der Waals surface area contributed by atoms with Gasteiger partial charge >= 0.3 is 6.18 Å². The Hall–Kier alpha value is -0.860. The fraction of sp³-hybridized carbons (Fsp3) is 0.909. The third-order valence-electron chi connectivity index (χ3n) is 2.74. The van der Waals surface area contributed by atoms with Crippen LogP contribution in [0.3, 0.4) is 0 Å². The quantitative estimate of drug-likeness (QED) is 0.777. The van der Waals surface area contributed by atoms with Crippen molar-refractivity contribution in [2.75, 3.05) is 45.9 Å². The zero-order chi connectivity index (χ0) is 14.5. The minimum atomic E-state index is -4.41. The summed E-state index contributed by atoms with van der Waals surface area (Å²) in [7, 11) is 0. The van der Waals surface area contributed by atoms with Crippen molar-refractivity contribution in [1.82, 2.24) is 9.80 Å². The number of rotatable bonds is 5. The van der Waals surface area contributed by atoms with Crippen LogP contribution >= 0.6 is 0 Å². The predicted octanol–water partition coefficient (Wildman–Crippen LogP) is 0.0903. The van der Waals surface area contributed by atoms with Crippen molar-refractivity contribution in [2.45, 2.75) is 19.2 Å². The van der Waals surface area contributed by atoms with Gasteiger partial charge in [0.15, 0.2) is 0 Å². The lowest BCUT2D eigenvalue weighted by atomic mass is 10.2. The van der Waals surface area contributed by atoms with Crippen molar-refractivity contribution in [3.8, 4) is 0 Å². The van der Waals surface area contributed by atoms with E-state index in [1.165, 1.54) is 4.90 Å². The smallest absolute Gasteiger partial charge is 0.392 e. The topological polar surface area (TPSA) is 53.0 Å². The molecule has 1 aliphatic heterocycles. The summed E-state index contributed by atoms with van der Waals surface area (Å²) in [6, 6.07) is 0. The predicted molar refractivity (Wildman–Crippen MR) is 61.6 cm³/mol. The lowest BCUT2D eigenvalue weighted by Gasteiger charge is -2.35. The van der Waals surface area contributed by atoms with E-state index >= 15 is 0 Å². The molecule has 1 fully saturated rings. The van der Waals surface area contributed by atoms with Gasteiger partial charge in [-0.15, -0.1) is 0 Å². The number of hydrogen-bond acceptors (Lipinski definition) is 4. The molecule has 112 valence electrons. The lowest BCUT2D eigenvalue weighted by Crippen LogP contribution is -2.51. The minimum absolute atomic E-state index is 0.430. The van der Waals surface area contributed by atoms with Crippen molar-refractivity contribution in [3.05, 3.63) is 0 Å². The van der Waals surface area contributed by atoms with Gasteiger partial charge in [0.1, 0.15) is 13.2 Å². The van der Waals surface area contributed by atoms with Crippen molar-refractivity contribution in [1.29, 1.82) is 0 Å². The number of alkyl halides is 3. The summed E-state index contributed by atoms with van der Waals surface area (Å²) < 4.78 is 39.9. The van der Waals surface area contributed by atoms with Crippen LogP contribution in [0.25, 0.3) is 0 Å². The van der Waals surface area contributed by atoms with E-state index in [1.54, 1.807) is 6.92 Å². The average Bonchev–Trinajstić information content (AvgIpc) is 2.27. The molecule has 1 heterocycles. The first kappa shape index (κ1) is 16.2. The first-order chi connectivity index (χ1) is 8.78. The molecule has 1 saturated heterocycles. The maximum Gasteiger partial charge on any atom is 0.411 e. The molecule has 0 unspecified atom stereocenters. The molecule has 0 spiro atoms. The molecule has 1 atom stereocenters. The van der Waals surface area contributed by atoms with E-state index in [0.717, 1.165) is 0 Å². The molecular weight excluding hydrogens is 265 g/mol. The summed E-state index contributed by atoms with van der Waals surface area (Å²) in [5.41, 5.74) is 0. The molecule has 0 bridgehead atoms. The third-order valence-corrected chi connectivity index (χ3v) is 2.74. The highest BCUT2D eigenvalue weighted by atomic mass is 19.4. The minimum Gasteiger partial charge on any atom is -0.392 e. The molecule has 19 heavy (non-hydrogen) atoms. The summed E-state index contributed by atoms with van der Waals surface area (Å²) in [4.78, 5) is 15.1. The van der Waals surface area contributed by atoms with Crippen LogP contribution in [0.15, 0.2) is 0 Å². The van der Waals surface area contributed by atoms with Gasteiger partial charge in [-0.3, -0.25) is 9.69 Å². The molecule has 0 saturated carbocycles. The number of aliphatic hydroxyl groups is 1. The fourth-order valence-corrected chi connectivity index (χ4v) is 1.90. The van der Waals surface area contributed by atoms with Crippen LogP contribution in [0, 0.1) is 0 Å². The Morgan fingerprint density at radius 2 is 1.89 bits per heavy atom. The first-order valence-corrected chi connectivity index (χ1v) is 6.10.